The maximum absolute atomic E-state index is 14.5. The highest BCUT2D eigenvalue weighted by Crippen LogP contribution is 2.20. The third-order valence-corrected chi connectivity index (χ3v) is 7.42. The number of ether oxygens (including phenoxy) is 1. The van der Waals surface area contributed by atoms with Gasteiger partial charge in [-0.1, -0.05) is 107 Å². The van der Waals surface area contributed by atoms with E-state index in [0.29, 0.717) is 12.2 Å². The van der Waals surface area contributed by atoms with Crippen molar-refractivity contribution in [3.05, 3.63) is 76.5 Å². The second-order valence-corrected chi connectivity index (χ2v) is 10.9. The molecule has 1 heterocycles. The molecule has 0 spiro atoms. The van der Waals surface area contributed by atoms with E-state index in [0.717, 1.165) is 30.6 Å². The summed E-state index contributed by atoms with van der Waals surface area (Å²) in [5.74, 6) is -0.324. The zero-order chi connectivity index (χ0) is 26.8. The molecule has 0 unspecified atom stereocenters. The van der Waals surface area contributed by atoms with E-state index < -0.39 is 5.82 Å². The standard InChI is InChI=1S/C32H43FN2O2S.BrH/c1-2-3-4-5-6-7-8-9-10-11-12-13-21-37-31-19-16-28(23-30(31)33)24-32(36)34-29-17-14-27(15-18-29)25-35-20-22-38-26-35;/h14-20,22-23,26H,2-13,21,24-25H2,1H3;1H. The number of hydrogen-bond donors (Lipinski definition) is 1. The summed E-state index contributed by atoms with van der Waals surface area (Å²) in [6.45, 7) is 3.58. The molecule has 2 aromatic carbocycles. The third kappa shape index (κ3) is 13.6. The first-order valence-corrected chi connectivity index (χ1v) is 15.3. The summed E-state index contributed by atoms with van der Waals surface area (Å²) < 4.78 is 22.3. The van der Waals surface area contributed by atoms with E-state index >= 15 is 0 Å². The van der Waals surface area contributed by atoms with Gasteiger partial charge in [-0.2, -0.15) is 4.57 Å². The van der Waals surface area contributed by atoms with Gasteiger partial charge in [-0.05, 0) is 36.2 Å². The molecule has 0 aliphatic heterocycles. The highest BCUT2D eigenvalue weighted by molar-refractivity contribution is 7.07. The molecule has 0 fully saturated rings. The number of amides is 1. The molecule has 0 aliphatic carbocycles. The van der Waals surface area contributed by atoms with Crippen LogP contribution in [0.2, 0.25) is 0 Å². The van der Waals surface area contributed by atoms with Crippen molar-refractivity contribution in [3.63, 3.8) is 0 Å². The van der Waals surface area contributed by atoms with E-state index in [-0.39, 0.29) is 35.1 Å². The second kappa shape index (κ2) is 19.8. The number of benzene rings is 2. The van der Waals surface area contributed by atoms with Crippen molar-refractivity contribution in [2.24, 2.45) is 0 Å². The van der Waals surface area contributed by atoms with Gasteiger partial charge in [0.15, 0.2) is 24.3 Å². The largest absolute Gasteiger partial charge is 1.00 e. The van der Waals surface area contributed by atoms with Gasteiger partial charge >= 0.3 is 0 Å². The summed E-state index contributed by atoms with van der Waals surface area (Å²) in [6, 6.07) is 12.6. The molecule has 214 valence electrons. The summed E-state index contributed by atoms with van der Waals surface area (Å²) in [7, 11) is 0. The Kier molecular flexibility index (Phi) is 16.7. The monoisotopic (exact) mass is 618 g/mol. The van der Waals surface area contributed by atoms with Crippen molar-refractivity contribution in [1.29, 1.82) is 0 Å². The molecule has 0 atom stereocenters. The number of nitrogens with one attached hydrogen (secondary N) is 1. The first-order valence-electron chi connectivity index (χ1n) is 14.4. The van der Waals surface area contributed by atoms with Crippen LogP contribution in [0.4, 0.5) is 10.1 Å². The first-order chi connectivity index (χ1) is 18.6. The molecule has 0 radical (unpaired) electrons. The van der Waals surface area contributed by atoms with Gasteiger partial charge in [-0.25, -0.2) is 4.39 Å². The first kappa shape index (κ1) is 33.0. The summed E-state index contributed by atoms with van der Waals surface area (Å²) in [5, 5.41) is 4.93. The van der Waals surface area contributed by atoms with Gasteiger partial charge in [-0.15, -0.1) is 0 Å². The van der Waals surface area contributed by atoms with Crippen LogP contribution in [0.25, 0.3) is 0 Å². The van der Waals surface area contributed by atoms with E-state index in [4.69, 9.17) is 4.74 Å². The lowest BCUT2D eigenvalue weighted by atomic mass is 10.1. The SMILES string of the molecule is CCCCCCCCCCCCCCOc1ccc(CC(=O)Nc2ccc(C[n+]3ccsc3)cc2)cc1F.[Br-]. The number of unbranched alkanes of at least 4 members (excludes halogenated alkanes) is 11. The molecular formula is C32H44BrFN2O2S. The molecule has 4 nitrogen and oxygen atoms in total. The van der Waals surface area contributed by atoms with Gasteiger partial charge in [0, 0.05) is 11.3 Å². The minimum Gasteiger partial charge on any atom is -1.00 e. The summed E-state index contributed by atoms with van der Waals surface area (Å²) in [4.78, 5) is 12.5. The molecule has 0 saturated carbocycles. The van der Waals surface area contributed by atoms with Crippen molar-refractivity contribution in [3.8, 4) is 5.75 Å². The molecule has 0 aliphatic rings. The summed E-state index contributed by atoms with van der Waals surface area (Å²) in [6.07, 6.45) is 17.6. The van der Waals surface area contributed by atoms with Gasteiger partial charge in [0.25, 0.3) is 0 Å². The van der Waals surface area contributed by atoms with Gasteiger partial charge in [0.1, 0.15) is 0 Å². The molecule has 0 bridgehead atoms. The van der Waals surface area contributed by atoms with Crippen molar-refractivity contribution in [2.45, 2.75) is 96.9 Å². The number of thiazole rings is 1. The van der Waals surface area contributed by atoms with Crippen molar-refractivity contribution >= 4 is 22.9 Å². The number of carbonyl (C=O) groups is 1. The van der Waals surface area contributed by atoms with Crippen LogP contribution < -0.4 is 31.6 Å². The van der Waals surface area contributed by atoms with Gasteiger partial charge < -0.3 is 27.0 Å². The summed E-state index contributed by atoms with van der Waals surface area (Å²) >= 11 is 1.66. The lowest BCUT2D eigenvalue weighted by molar-refractivity contribution is -0.683. The minimum absolute atomic E-state index is 0. The highest BCUT2D eigenvalue weighted by atomic mass is 79.9. The maximum Gasteiger partial charge on any atom is 0.228 e. The topological polar surface area (TPSA) is 42.2 Å². The number of halogens is 2. The number of anilines is 1. The molecule has 1 amide bonds. The van der Waals surface area contributed by atoms with E-state index in [2.05, 4.69) is 22.3 Å². The number of carbonyl (C=O) groups excluding carboxylic acids is 1. The van der Waals surface area contributed by atoms with Crippen LogP contribution in [0.1, 0.15) is 95.1 Å². The van der Waals surface area contributed by atoms with Crippen molar-refractivity contribution in [1.82, 2.24) is 0 Å². The van der Waals surface area contributed by atoms with E-state index in [1.807, 2.05) is 35.8 Å². The second-order valence-electron chi connectivity index (χ2n) is 10.1. The predicted octanol–water partition coefficient (Wildman–Crippen LogP) is 5.49. The minimum atomic E-state index is -0.412. The predicted molar refractivity (Wildman–Crippen MR) is 155 cm³/mol. The van der Waals surface area contributed by atoms with E-state index in [1.165, 1.54) is 70.3 Å². The Bertz CT molecular complexity index is 1060. The van der Waals surface area contributed by atoms with Crippen molar-refractivity contribution < 1.29 is 35.5 Å². The molecule has 39 heavy (non-hydrogen) atoms. The zero-order valence-electron chi connectivity index (χ0n) is 23.3. The zero-order valence-corrected chi connectivity index (χ0v) is 25.7. The molecule has 3 rings (SSSR count). The number of nitrogens with zero attached hydrogens (tertiary/aromatic N) is 1. The van der Waals surface area contributed by atoms with Gasteiger partial charge in [0.2, 0.25) is 11.4 Å². The Morgan fingerprint density at radius 1 is 0.872 bits per heavy atom. The van der Waals surface area contributed by atoms with Crippen LogP contribution in [0.5, 0.6) is 5.75 Å². The van der Waals surface area contributed by atoms with Gasteiger partial charge in [0.05, 0.1) is 18.4 Å². The van der Waals surface area contributed by atoms with Crippen LogP contribution in [0.3, 0.4) is 0 Å². The molecular weight excluding hydrogens is 575 g/mol. The average Bonchev–Trinajstić information content (AvgIpc) is 3.42. The normalized spacial score (nSPS) is 10.7. The summed E-state index contributed by atoms with van der Waals surface area (Å²) in [5.41, 5.74) is 4.58. The molecule has 7 heteroatoms. The Morgan fingerprint density at radius 2 is 1.49 bits per heavy atom. The smallest absolute Gasteiger partial charge is 0.228 e. The fourth-order valence-corrected chi connectivity index (χ4v) is 5.14. The molecule has 3 aromatic rings. The van der Waals surface area contributed by atoms with Gasteiger partial charge in [-0.3, -0.25) is 4.79 Å². The molecule has 1 aromatic heterocycles. The molecule has 0 saturated heterocycles. The van der Waals surface area contributed by atoms with Crippen molar-refractivity contribution in [2.75, 3.05) is 11.9 Å². The fraction of sp³-hybridized carbons (Fsp3) is 0.500. The Morgan fingerprint density at radius 3 is 2.08 bits per heavy atom. The number of aromatic nitrogens is 1. The Hall–Kier alpha value is -2.25. The molecule has 1 N–H and O–H groups in total. The lowest BCUT2D eigenvalue weighted by Crippen LogP contribution is -3.00. The number of hydrogen-bond acceptors (Lipinski definition) is 3. The van der Waals surface area contributed by atoms with E-state index in [9.17, 15) is 9.18 Å². The van der Waals surface area contributed by atoms with Crippen LogP contribution in [-0.4, -0.2) is 12.5 Å². The quantitative estimate of drug-likeness (QED) is 0.143. The Balaban J connectivity index is 0.00000533. The number of rotatable bonds is 19. The fourth-order valence-electron chi connectivity index (χ4n) is 4.54. The Labute approximate surface area is 248 Å². The van der Waals surface area contributed by atoms with Crippen LogP contribution in [0.15, 0.2) is 59.6 Å². The lowest BCUT2D eigenvalue weighted by Gasteiger charge is -2.10. The average molecular weight is 620 g/mol. The third-order valence-electron chi connectivity index (χ3n) is 6.75. The maximum atomic E-state index is 14.5. The highest BCUT2D eigenvalue weighted by Gasteiger charge is 2.10. The van der Waals surface area contributed by atoms with Crippen LogP contribution in [-0.2, 0) is 17.8 Å². The van der Waals surface area contributed by atoms with Crippen LogP contribution in [0, 0.1) is 5.82 Å². The van der Waals surface area contributed by atoms with E-state index in [1.54, 1.807) is 23.5 Å². The van der Waals surface area contributed by atoms with Crippen LogP contribution >= 0.6 is 11.3 Å².